The normalized spacial score (nSPS) is 13.4. The maximum absolute atomic E-state index is 12.6. The van der Waals surface area contributed by atoms with E-state index in [0.717, 1.165) is 0 Å². The average molecular weight is 447 g/mol. The zero-order valence-electron chi connectivity index (χ0n) is 19.8. The number of nitrogens with one attached hydrogen (secondary N) is 4. The predicted octanol–water partition coefficient (Wildman–Crippen LogP) is 0.282. The summed E-state index contributed by atoms with van der Waals surface area (Å²) in [7, 11) is 2.88. The molecule has 0 rings (SSSR count). The minimum absolute atomic E-state index is 0.113. The fourth-order valence-electron chi connectivity index (χ4n) is 2.38. The molecule has 0 saturated heterocycles. The molecule has 0 fully saturated rings. The maximum atomic E-state index is 12.6. The Morgan fingerprint density at radius 3 is 1.94 bits per heavy atom. The Kier molecular flexibility index (Phi) is 12.7. The molecule has 0 radical (unpaired) electrons. The summed E-state index contributed by atoms with van der Waals surface area (Å²) in [6.07, 6.45) is -0.942. The number of ether oxygens (including phenoxy) is 3. The SMILES string of the molecule is COC(CNC(=O)CNC(=O)[C@H](C)NC(=O)[C@H](CC(C)C)NC(=O)OC(C)(C)C)OC. The van der Waals surface area contributed by atoms with Crippen molar-refractivity contribution in [1.29, 1.82) is 0 Å². The Labute approximate surface area is 184 Å². The van der Waals surface area contributed by atoms with Gasteiger partial charge >= 0.3 is 6.09 Å². The second kappa shape index (κ2) is 13.8. The summed E-state index contributed by atoms with van der Waals surface area (Å²) in [6.45, 7) is 10.3. The van der Waals surface area contributed by atoms with Crippen molar-refractivity contribution in [3.63, 3.8) is 0 Å². The summed E-state index contributed by atoms with van der Waals surface area (Å²) in [5, 5.41) is 10.1. The van der Waals surface area contributed by atoms with Gasteiger partial charge in [0.05, 0.1) is 13.1 Å². The van der Waals surface area contributed by atoms with Gasteiger partial charge < -0.3 is 35.5 Å². The van der Waals surface area contributed by atoms with Gasteiger partial charge in [-0.05, 0) is 40.0 Å². The number of alkyl carbamates (subject to hydrolysis) is 1. The summed E-state index contributed by atoms with van der Waals surface area (Å²) in [6, 6.07) is -1.78. The zero-order valence-corrected chi connectivity index (χ0v) is 19.8. The minimum atomic E-state index is -0.916. The summed E-state index contributed by atoms with van der Waals surface area (Å²) < 4.78 is 15.1. The highest BCUT2D eigenvalue weighted by atomic mass is 16.7. The highest BCUT2D eigenvalue weighted by Gasteiger charge is 2.27. The van der Waals surface area contributed by atoms with Crippen molar-refractivity contribution < 1.29 is 33.4 Å². The number of carbonyl (C=O) groups excluding carboxylic acids is 4. The van der Waals surface area contributed by atoms with Crippen LogP contribution in [0.3, 0.4) is 0 Å². The Morgan fingerprint density at radius 2 is 1.45 bits per heavy atom. The number of amides is 4. The van der Waals surface area contributed by atoms with Crippen molar-refractivity contribution in [2.75, 3.05) is 27.3 Å². The van der Waals surface area contributed by atoms with Gasteiger partial charge in [-0.1, -0.05) is 13.8 Å². The van der Waals surface area contributed by atoms with Crippen LogP contribution in [0.1, 0.15) is 48.0 Å². The lowest BCUT2D eigenvalue weighted by molar-refractivity contribution is -0.132. The molecule has 0 aromatic heterocycles. The average Bonchev–Trinajstić information content (AvgIpc) is 2.64. The Balaban J connectivity index is 4.68. The summed E-state index contributed by atoms with van der Waals surface area (Å²) in [5.41, 5.74) is -0.705. The molecular weight excluding hydrogens is 408 g/mol. The molecule has 2 atom stereocenters. The van der Waals surface area contributed by atoms with Gasteiger partial charge in [-0.2, -0.15) is 0 Å². The standard InChI is InChI=1S/C20H38N4O7/c1-12(2)9-14(24-19(28)31-20(4,5)6)18(27)23-13(3)17(26)22-10-15(25)21-11-16(29-7)30-8/h12-14,16H,9-11H2,1-8H3,(H,21,25)(H,22,26)(H,23,27)(H,24,28)/t13-,14-/m0/s1. The van der Waals surface area contributed by atoms with Crippen molar-refractivity contribution in [2.24, 2.45) is 5.92 Å². The fraction of sp³-hybridized carbons (Fsp3) is 0.800. The third-order valence-electron chi connectivity index (χ3n) is 3.88. The number of rotatable bonds is 12. The van der Waals surface area contributed by atoms with Gasteiger partial charge in [-0.3, -0.25) is 14.4 Å². The van der Waals surface area contributed by atoms with Crippen LogP contribution < -0.4 is 21.3 Å². The van der Waals surface area contributed by atoms with Crippen LogP contribution in [0.2, 0.25) is 0 Å². The van der Waals surface area contributed by atoms with E-state index in [-0.39, 0.29) is 19.0 Å². The van der Waals surface area contributed by atoms with Crippen LogP contribution in [0.25, 0.3) is 0 Å². The van der Waals surface area contributed by atoms with E-state index in [4.69, 9.17) is 14.2 Å². The van der Waals surface area contributed by atoms with Crippen LogP contribution in [0.5, 0.6) is 0 Å². The van der Waals surface area contributed by atoms with Crippen molar-refractivity contribution in [1.82, 2.24) is 21.3 Å². The number of hydrogen-bond donors (Lipinski definition) is 4. The molecule has 0 unspecified atom stereocenters. The van der Waals surface area contributed by atoms with Crippen molar-refractivity contribution in [3.8, 4) is 0 Å². The number of hydrogen-bond acceptors (Lipinski definition) is 7. The lowest BCUT2D eigenvalue weighted by Crippen LogP contribution is -2.54. The van der Waals surface area contributed by atoms with Gasteiger partial charge in [-0.25, -0.2) is 4.79 Å². The quantitative estimate of drug-likeness (QED) is 0.315. The first-order valence-electron chi connectivity index (χ1n) is 10.2. The van der Waals surface area contributed by atoms with Gasteiger partial charge in [0.1, 0.15) is 17.7 Å². The molecule has 11 heteroatoms. The first-order valence-corrected chi connectivity index (χ1v) is 10.2. The molecule has 0 aliphatic rings. The van der Waals surface area contributed by atoms with E-state index in [1.807, 2.05) is 13.8 Å². The largest absolute Gasteiger partial charge is 0.444 e. The van der Waals surface area contributed by atoms with E-state index in [2.05, 4.69) is 21.3 Å². The van der Waals surface area contributed by atoms with Crippen LogP contribution in [-0.2, 0) is 28.6 Å². The van der Waals surface area contributed by atoms with E-state index in [1.165, 1.54) is 21.1 Å². The van der Waals surface area contributed by atoms with E-state index in [9.17, 15) is 19.2 Å². The van der Waals surface area contributed by atoms with E-state index < -0.39 is 47.8 Å². The van der Waals surface area contributed by atoms with Gasteiger partial charge in [-0.15, -0.1) is 0 Å². The second-order valence-corrected chi connectivity index (χ2v) is 8.48. The predicted molar refractivity (Wildman–Crippen MR) is 114 cm³/mol. The molecule has 0 spiro atoms. The summed E-state index contributed by atoms with van der Waals surface area (Å²) >= 11 is 0. The Hall–Kier alpha value is -2.40. The summed E-state index contributed by atoms with van der Waals surface area (Å²) in [4.78, 5) is 48.7. The maximum Gasteiger partial charge on any atom is 0.408 e. The van der Waals surface area contributed by atoms with Crippen LogP contribution in [0, 0.1) is 5.92 Å². The van der Waals surface area contributed by atoms with Crippen LogP contribution >= 0.6 is 0 Å². The third kappa shape index (κ3) is 13.5. The molecule has 11 nitrogen and oxygen atoms in total. The van der Waals surface area contributed by atoms with E-state index >= 15 is 0 Å². The number of carbonyl (C=O) groups is 4. The lowest BCUT2D eigenvalue weighted by atomic mass is 10.0. The summed E-state index contributed by atoms with van der Waals surface area (Å²) in [5.74, 6) is -1.38. The van der Waals surface area contributed by atoms with Crippen molar-refractivity contribution >= 4 is 23.8 Å². The third-order valence-corrected chi connectivity index (χ3v) is 3.88. The van der Waals surface area contributed by atoms with E-state index in [0.29, 0.717) is 6.42 Å². The van der Waals surface area contributed by atoms with Crippen molar-refractivity contribution in [3.05, 3.63) is 0 Å². The second-order valence-electron chi connectivity index (χ2n) is 8.48. The topological polar surface area (TPSA) is 144 Å². The highest BCUT2D eigenvalue weighted by molar-refractivity contribution is 5.92. The molecule has 0 aliphatic carbocycles. The van der Waals surface area contributed by atoms with Gasteiger partial charge in [0.15, 0.2) is 6.29 Å². The van der Waals surface area contributed by atoms with Crippen LogP contribution in [-0.4, -0.2) is 75.1 Å². The molecule has 0 saturated carbocycles. The minimum Gasteiger partial charge on any atom is -0.444 e. The van der Waals surface area contributed by atoms with Crippen LogP contribution in [0.15, 0.2) is 0 Å². The monoisotopic (exact) mass is 446 g/mol. The van der Waals surface area contributed by atoms with Gasteiger partial charge in [0.25, 0.3) is 0 Å². The Morgan fingerprint density at radius 1 is 0.871 bits per heavy atom. The van der Waals surface area contributed by atoms with Crippen molar-refractivity contribution in [2.45, 2.75) is 71.9 Å². The molecule has 0 aromatic carbocycles. The highest BCUT2D eigenvalue weighted by Crippen LogP contribution is 2.09. The molecule has 0 heterocycles. The smallest absolute Gasteiger partial charge is 0.408 e. The first kappa shape index (κ1) is 28.6. The molecule has 31 heavy (non-hydrogen) atoms. The molecule has 0 bridgehead atoms. The molecule has 0 aromatic rings. The zero-order chi connectivity index (χ0) is 24.2. The number of methoxy groups -OCH3 is 2. The van der Waals surface area contributed by atoms with E-state index in [1.54, 1.807) is 20.8 Å². The first-order chi connectivity index (χ1) is 14.3. The van der Waals surface area contributed by atoms with Gasteiger partial charge in [0.2, 0.25) is 17.7 Å². The molecule has 0 aliphatic heterocycles. The lowest BCUT2D eigenvalue weighted by Gasteiger charge is -2.25. The van der Waals surface area contributed by atoms with Gasteiger partial charge in [0, 0.05) is 14.2 Å². The molecular formula is C20H38N4O7. The molecule has 180 valence electrons. The Bertz CT molecular complexity index is 601. The molecule has 4 N–H and O–H groups in total. The fourth-order valence-corrected chi connectivity index (χ4v) is 2.38. The van der Waals surface area contributed by atoms with Crippen LogP contribution in [0.4, 0.5) is 4.79 Å². The molecule has 4 amide bonds.